The molecule has 3 aromatic rings. The van der Waals surface area contributed by atoms with Gasteiger partial charge in [0.05, 0.1) is 27.0 Å². The Morgan fingerprint density at radius 1 is 0.968 bits per heavy atom. The van der Waals surface area contributed by atoms with E-state index in [0.717, 1.165) is 16.9 Å². The molecule has 0 unspecified atom stereocenters. The summed E-state index contributed by atoms with van der Waals surface area (Å²) in [7, 11) is 4.16. The molecule has 0 aliphatic carbocycles. The number of methoxy groups -OCH3 is 3. The number of rotatable bonds is 6. The highest BCUT2D eigenvalue weighted by molar-refractivity contribution is 6.07. The third-order valence-electron chi connectivity index (χ3n) is 5.11. The van der Waals surface area contributed by atoms with E-state index in [1.165, 1.54) is 18.9 Å². The molecule has 0 aliphatic rings. The van der Waals surface area contributed by atoms with Gasteiger partial charge in [-0.05, 0) is 48.2 Å². The van der Waals surface area contributed by atoms with E-state index < -0.39 is 11.9 Å². The number of carbonyl (C=O) groups excluding carboxylic acids is 2. The van der Waals surface area contributed by atoms with Crippen LogP contribution < -0.4 is 4.74 Å². The number of esters is 2. The Kier molecular flexibility index (Phi) is 6.44. The maximum absolute atomic E-state index is 12.8. The molecule has 0 atom stereocenters. The summed E-state index contributed by atoms with van der Waals surface area (Å²) in [5, 5.41) is 4.68. The lowest BCUT2D eigenvalue weighted by atomic mass is 9.93. The highest BCUT2D eigenvalue weighted by Gasteiger charge is 2.32. The normalized spacial score (nSPS) is 10.8. The van der Waals surface area contributed by atoms with Crippen molar-refractivity contribution in [2.45, 2.75) is 26.7 Å². The van der Waals surface area contributed by atoms with Crippen LogP contribution >= 0.6 is 0 Å². The van der Waals surface area contributed by atoms with Crippen molar-refractivity contribution in [3.63, 3.8) is 0 Å². The van der Waals surface area contributed by atoms with E-state index in [1.807, 2.05) is 37.3 Å². The summed E-state index contributed by atoms with van der Waals surface area (Å²) < 4.78 is 17.0. The Morgan fingerprint density at radius 3 is 2.16 bits per heavy atom. The lowest BCUT2D eigenvalue weighted by Crippen LogP contribution is -2.15. The summed E-state index contributed by atoms with van der Waals surface area (Å²) in [4.78, 5) is 25.6. The molecule has 1 heterocycles. The second-order valence-corrected chi connectivity index (χ2v) is 7.37. The molecule has 2 aromatic carbocycles. The number of ether oxygens (including phenoxy) is 3. The van der Waals surface area contributed by atoms with Crippen molar-refractivity contribution in [1.29, 1.82) is 0 Å². The molecule has 0 aliphatic heterocycles. The van der Waals surface area contributed by atoms with Gasteiger partial charge in [-0.1, -0.05) is 32.0 Å². The molecule has 0 bridgehead atoms. The highest BCUT2D eigenvalue weighted by Crippen LogP contribution is 2.37. The number of benzene rings is 2. The summed E-state index contributed by atoms with van der Waals surface area (Å²) in [5.41, 5.74) is 3.56. The van der Waals surface area contributed by atoms with Crippen LogP contribution in [0.4, 0.5) is 0 Å². The maximum atomic E-state index is 12.8. The fourth-order valence-electron chi connectivity index (χ4n) is 3.52. The Labute approximate surface area is 181 Å². The van der Waals surface area contributed by atoms with Crippen molar-refractivity contribution < 1.29 is 23.8 Å². The minimum absolute atomic E-state index is 0.0110. The van der Waals surface area contributed by atoms with Crippen molar-refractivity contribution in [2.24, 2.45) is 0 Å². The maximum Gasteiger partial charge on any atom is 0.357 e. The van der Waals surface area contributed by atoms with Crippen LogP contribution in [-0.4, -0.2) is 43.0 Å². The first-order valence-electron chi connectivity index (χ1n) is 9.87. The average molecular weight is 422 g/mol. The number of para-hydroxylation sites is 1. The summed E-state index contributed by atoms with van der Waals surface area (Å²) in [6.07, 6.45) is 0. The van der Waals surface area contributed by atoms with Gasteiger partial charge in [0.25, 0.3) is 0 Å². The standard InChI is InChI=1S/C24H26N2O5/c1-14(2)17-13-18(15(3)12-19(17)29-4)21-20(23(27)30-5)22(24(28)31-6)26(25-21)16-10-8-7-9-11-16/h7-14H,1-6H3. The zero-order chi connectivity index (χ0) is 22.7. The van der Waals surface area contributed by atoms with Gasteiger partial charge in [0.2, 0.25) is 0 Å². The number of hydrogen-bond acceptors (Lipinski definition) is 6. The zero-order valence-electron chi connectivity index (χ0n) is 18.6. The van der Waals surface area contributed by atoms with Crippen LogP contribution in [0.2, 0.25) is 0 Å². The van der Waals surface area contributed by atoms with Gasteiger partial charge >= 0.3 is 11.9 Å². The third-order valence-corrected chi connectivity index (χ3v) is 5.11. The number of aryl methyl sites for hydroxylation is 1. The van der Waals surface area contributed by atoms with E-state index in [9.17, 15) is 9.59 Å². The van der Waals surface area contributed by atoms with Crippen molar-refractivity contribution >= 4 is 11.9 Å². The van der Waals surface area contributed by atoms with Gasteiger partial charge in [-0.15, -0.1) is 0 Å². The van der Waals surface area contributed by atoms with Gasteiger partial charge in [0, 0.05) is 5.56 Å². The molecule has 31 heavy (non-hydrogen) atoms. The summed E-state index contributed by atoms with van der Waals surface area (Å²) >= 11 is 0. The average Bonchev–Trinajstić information content (AvgIpc) is 3.18. The Bertz CT molecular complexity index is 1120. The zero-order valence-corrected chi connectivity index (χ0v) is 18.6. The molecule has 0 saturated carbocycles. The molecule has 0 radical (unpaired) electrons. The third kappa shape index (κ3) is 4.03. The van der Waals surface area contributed by atoms with Gasteiger partial charge < -0.3 is 14.2 Å². The van der Waals surface area contributed by atoms with Crippen LogP contribution in [0.1, 0.15) is 51.7 Å². The first kappa shape index (κ1) is 22.1. The SMILES string of the molecule is COC(=O)c1c(-c2cc(C(C)C)c(OC)cc2C)nn(-c2ccccc2)c1C(=O)OC. The quantitative estimate of drug-likeness (QED) is 0.542. The van der Waals surface area contributed by atoms with E-state index in [1.54, 1.807) is 19.2 Å². The fraction of sp³-hybridized carbons (Fsp3) is 0.292. The van der Waals surface area contributed by atoms with E-state index in [2.05, 4.69) is 18.9 Å². The molecule has 7 nitrogen and oxygen atoms in total. The first-order chi connectivity index (χ1) is 14.8. The van der Waals surface area contributed by atoms with E-state index in [0.29, 0.717) is 16.9 Å². The monoisotopic (exact) mass is 422 g/mol. The van der Waals surface area contributed by atoms with Crippen LogP contribution in [0.15, 0.2) is 42.5 Å². The van der Waals surface area contributed by atoms with Crippen LogP contribution in [0.5, 0.6) is 5.75 Å². The Hall–Kier alpha value is -3.61. The molecule has 0 N–H and O–H groups in total. The minimum atomic E-state index is -0.682. The van der Waals surface area contributed by atoms with Crippen LogP contribution in [0, 0.1) is 6.92 Å². The largest absolute Gasteiger partial charge is 0.496 e. The molecule has 7 heteroatoms. The Morgan fingerprint density at radius 2 is 1.61 bits per heavy atom. The molecular formula is C24H26N2O5. The lowest BCUT2D eigenvalue weighted by Gasteiger charge is -2.15. The lowest BCUT2D eigenvalue weighted by molar-refractivity contribution is 0.0549. The molecular weight excluding hydrogens is 396 g/mol. The Balaban J connectivity index is 2.41. The van der Waals surface area contributed by atoms with Crippen molar-refractivity contribution in [3.8, 4) is 22.7 Å². The molecule has 3 rings (SSSR count). The highest BCUT2D eigenvalue weighted by atomic mass is 16.5. The molecule has 0 amide bonds. The number of hydrogen-bond donors (Lipinski definition) is 0. The van der Waals surface area contributed by atoms with E-state index in [-0.39, 0.29) is 17.2 Å². The molecule has 1 aromatic heterocycles. The van der Waals surface area contributed by atoms with Crippen LogP contribution in [0.3, 0.4) is 0 Å². The minimum Gasteiger partial charge on any atom is -0.496 e. The van der Waals surface area contributed by atoms with Crippen LogP contribution in [-0.2, 0) is 9.47 Å². The first-order valence-corrected chi connectivity index (χ1v) is 9.87. The number of aromatic nitrogens is 2. The van der Waals surface area contributed by atoms with E-state index >= 15 is 0 Å². The molecule has 0 spiro atoms. The molecule has 162 valence electrons. The van der Waals surface area contributed by atoms with Crippen LogP contribution in [0.25, 0.3) is 16.9 Å². The van der Waals surface area contributed by atoms with Gasteiger partial charge in [0.15, 0.2) is 5.69 Å². The second-order valence-electron chi connectivity index (χ2n) is 7.37. The smallest absolute Gasteiger partial charge is 0.357 e. The summed E-state index contributed by atoms with van der Waals surface area (Å²) in [6, 6.07) is 13.0. The molecule has 0 fully saturated rings. The second kappa shape index (κ2) is 9.04. The predicted octanol–water partition coefficient (Wildman–Crippen LogP) is 4.55. The number of carbonyl (C=O) groups is 2. The molecule has 0 saturated heterocycles. The van der Waals surface area contributed by atoms with Gasteiger partial charge in [-0.2, -0.15) is 5.10 Å². The predicted molar refractivity (Wildman–Crippen MR) is 117 cm³/mol. The number of nitrogens with zero attached hydrogens (tertiary/aromatic N) is 2. The topological polar surface area (TPSA) is 79.7 Å². The van der Waals surface area contributed by atoms with Gasteiger partial charge in [-0.3, -0.25) is 0 Å². The summed E-state index contributed by atoms with van der Waals surface area (Å²) in [6.45, 7) is 6.02. The van der Waals surface area contributed by atoms with E-state index in [4.69, 9.17) is 14.2 Å². The van der Waals surface area contributed by atoms with Crippen molar-refractivity contribution in [1.82, 2.24) is 9.78 Å². The fourth-order valence-corrected chi connectivity index (χ4v) is 3.52. The van der Waals surface area contributed by atoms with Gasteiger partial charge in [0.1, 0.15) is 17.0 Å². The van der Waals surface area contributed by atoms with Crippen molar-refractivity contribution in [2.75, 3.05) is 21.3 Å². The van der Waals surface area contributed by atoms with Crippen molar-refractivity contribution in [3.05, 3.63) is 64.8 Å². The summed E-state index contributed by atoms with van der Waals surface area (Å²) in [5.74, 6) is -0.420. The van der Waals surface area contributed by atoms with Gasteiger partial charge in [-0.25, -0.2) is 14.3 Å².